The Hall–Kier alpha value is -2.04. The van der Waals surface area contributed by atoms with E-state index in [4.69, 9.17) is 9.47 Å². The van der Waals surface area contributed by atoms with Crippen LogP contribution in [0.4, 0.5) is 0 Å². The van der Waals surface area contributed by atoms with Crippen molar-refractivity contribution in [2.75, 3.05) is 14.2 Å². The Kier molecular flexibility index (Phi) is 4.04. The molecular formula is C14H18N2O3. The standard InChI is InChI=1S/C14H18N2O3/c1-9(15-16-14(17)10-4-5-10)12-7-6-11(18-2)8-13(12)19-3/h6-8,10H,4-5H2,1-3H3,(H,16,17). The predicted octanol–water partition coefficient (Wildman–Crippen LogP) is 1.95. The molecular weight excluding hydrogens is 244 g/mol. The zero-order valence-electron chi connectivity index (χ0n) is 11.4. The lowest BCUT2D eigenvalue weighted by molar-refractivity contribution is -0.122. The Morgan fingerprint density at radius 2 is 2.05 bits per heavy atom. The molecule has 1 amide bonds. The van der Waals surface area contributed by atoms with Gasteiger partial charge in [-0.25, -0.2) is 5.43 Å². The molecule has 1 aromatic rings. The first-order chi connectivity index (χ1) is 9.15. The van der Waals surface area contributed by atoms with Crippen molar-refractivity contribution in [3.63, 3.8) is 0 Å². The summed E-state index contributed by atoms with van der Waals surface area (Å²) in [7, 11) is 3.19. The van der Waals surface area contributed by atoms with Gasteiger partial charge in [-0.05, 0) is 31.9 Å². The Morgan fingerprint density at radius 1 is 1.32 bits per heavy atom. The van der Waals surface area contributed by atoms with E-state index >= 15 is 0 Å². The third-order valence-corrected chi connectivity index (χ3v) is 3.08. The second-order valence-corrected chi connectivity index (χ2v) is 4.51. The van der Waals surface area contributed by atoms with Gasteiger partial charge in [0.2, 0.25) is 5.91 Å². The van der Waals surface area contributed by atoms with E-state index in [-0.39, 0.29) is 11.8 Å². The van der Waals surface area contributed by atoms with Gasteiger partial charge in [0.05, 0.1) is 19.9 Å². The molecule has 19 heavy (non-hydrogen) atoms. The van der Waals surface area contributed by atoms with Gasteiger partial charge in [0.15, 0.2) is 0 Å². The fourth-order valence-electron chi connectivity index (χ4n) is 1.73. The van der Waals surface area contributed by atoms with Gasteiger partial charge in [-0.15, -0.1) is 0 Å². The molecule has 0 bridgehead atoms. The van der Waals surface area contributed by atoms with Crippen LogP contribution in [0.2, 0.25) is 0 Å². The molecule has 0 spiro atoms. The molecule has 5 nitrogen and oxygen atoms in total. The van der Waals surface area contributed by atoms with Crippen molar-refractivity contribution < 1.29 is 14.3 Å². The molecule has 1 aliphatic rings. The van der Waals surface area contributed by atoms with Crippen molar-refractivity contribution >= 4 is 11.6 Å². The number of methoxy groups -OCH3 is 2. The molecule has 2 rings (SSSR count). The summed E-state index contributed by atoms with van der Waals surface area (Å²) in [6.45, 7) is 1.83. The quantitative estimate of drug-likeness (QED) is 0.651. The van der Waals surface area contributed by atoms with Crippen molar-refractivity contribution in [3.8, 4) is 11.5 Å². The maximum absolute atomic E-state index is 11.5. The van der Waals surface area contributed by atoms with Gasteiger partial charge < -0.3 is 9.47 Å². The summed E-state index contributed by atoms with van der Waals surface area (Å²) in [5, 5.41) is 4.12. The van der Waals surface area contributed by atoms with Crippen LogP contribution in [0.5, 0.6) is 11.5 Å². The Balaban J connectivity index is 2.14. The SMILES string of the molecule is COc1ccc(C(C)=NNC(=O)C2CC2)c(OC)c1. The van der Waals surface area contributed by atoms with Crippen molar-refractivity contribution in [2.24, 2.45) is 11.0 Å². The van der Waals surface area contributed by atoms with Crippen molar-refractivity contribution in [1.29, 1.82) is 0 Å². The van der Waals surface area contributed by atoms with E-state index in [1.54, 1.807) is 20.3 Å². The number of nitrogens with zero attached hydrogens (tertiary/aromatic N) is 1. The van der Waals surface area contributed by atoms with Crippen molar-refractivity contribution in [2.45, 2.75) is 19.8 Å². The number of amides is 1. The second-order valence-electron chi connectivity index (χ2n) is 4.51. The normalized spacial score (nSPS) is 15.0. The molecule has 102 valence electrons. The molecule has 1 fully saturated rings. The first kappa shape index (κ1) is 13.4. The smallest absolute Gasteiger partial charge is 0.243 e. The molecule has 0 atom stereocenters. The van der Waals surface area contributed by atoms with E-state index in [1.807, 2.05) is 19.1 Å². The minimum atomic E-state index is -0.00757. The minimum absolute atomic E-state index is 0.00757. The fraction of sp³-hybridized carbons (Fsp3) is 0.429. The molecule has 1 aliphatic carbocycles. The fourth-order valence-corrected chi connectivity index (χ4v) is 1.73. The maximum atomic E-state index is 11.5. The number of hydrogen-bond acceptors (Lipinski definition) is 4. The van der Waals surface area contributed by atoms with E-state index in [9.17, 15) is 4.79 Å². The van der Waals surface area contributed by atoms with Crippen LogP contribution in [-0.4, -0.2) is 25.8 Å². The van der Waals surface area contributed by atoms with E-state index in [0.717, 1.165) is 24.2 Å². The number of rotatable bonds is 5. The Bertz CT molecular complexity index is 507. The molecule has 0 aliphatic heterocycles. The predicted molar refractivity (Wildman–Crippen MR) is 72.6 cm³/mol. The van der Waals surface area contributed by atoms with E-state index in [1.165, 1.54) is 0 Å². The zero-order chi connectivity index (χ0) is 13.8. The van der Waals surface area contributed by atoms with Gasteiger partial charge in [-0.1, -0.05) is 0 Å². The number of ether oxygens (including phenoxy) is 2. The van der Waals surface area contributed by atoms with E-state index in [0.29, 0.717) is 11.5 Å². The molecule has 1 aromatic carbocycles. The van der Waals surface area contributed by atoms with Crippen LogP contribution in [0, 0.1) is 5.92 Å². The van der Waals surface area contributed by atoms with Crippen LogP contribution < -0.4 is 14.9 Å². The highest BCUT2D eigenvalue weighted by Gasteiger charge is 2.29. The highest BCUT2D eigenvalue weighted by molar-refractivity contribution is 6.01. The summed E-state index contributed by atoms with van der Waals surface area (Å²) in [6, 6.07) is 5.48. The van der Waals surface area contributed by atoms with Crippen molar-refractivity contribution in [3.05, 3.63) is 23.8 Å². The van der Waals surface area contributed by atoms with Crippen LogP contribution in [0.15, 0.2) is 23.3 Å². The molecule has 0 aromatic heterocycles. The molecule has 0 radical (unpaired) electrons. The molecule has 0 unspecified atom stereocenters. The number of hydrogen-bond donors (Lipinski definition) is 1. The van der Waals surface area contributed by atoms with Crippen LogP contribution >= 0.6 is 0 Å². The molecule has 1 saturated carbocycles. The highest BCUT2D eigenvalue weighted by atomic mass is 16.5. The lowest BCUT2D eigenvalue weighted by atomic mass is 10.1. The molecule has 0 heterocycles. The lowest BCUT2D eigenvalue weighted by Gasteiger charge is -2.10. The Morgan fingerprint density at radius 3 is 2.63 bits per heavy atom. The third kappa shape index (κ3) is 3.24. The van der Waals surface area contributed by atoms with Gasteiger partial charge in [0.1, 0.15) is 11.5 Å². The largest absolute Gasteiger partial charge is 0.497 e. The maximum Gasteiger partial charge on any atom is 0.243 e. The van der Waals surface area contributed by atoms with Gasteiger partial charge in [-0.3, -0.25) is 4.79 Å². The van der Waals surface area contributed by atoms with Crippen LogP contribution in [0.25, 0.3) is 0 Å². The van der Waals surface area contributed by atoms with E-state index in [2.05, 4.69) is 10.5 Å². The molecule has 5 heteroatoms. The van der Waals surface area contributed by atoms with Gasteiger partial charge in [0.25, 0.3) is 0 Å². The average molecular weight is 262 g/mol. The van der Waals surface area contributed by atoms with Crippen LogP contribution in [0.1, 0.15) is 25.3 Å². The van der Waals surface area contributed by atoms with Gasteiger partial charge >= 0.3 is 0 Å². The number of carbonyl (C=O) groups is 1. The highest BCUT2D eigenvalue weighted by Crippen LogP contribution is 2.29. The number of nitrogens with one attached hydrogen (secondary N) is 1. The summed E-state index contributed by atoms with van der Waals surface area (Å²) in [4.78, 5) is 11.5. The first-order valence-corrected chi connectivity index (χ1v) is 6.22. The summed E-state index contributed by atoms with van der Waals surface area (Å²) in [5.74, 6) is 1.53. The topological polar surface area (TPSA) is 59.9 Å². The second kappa shape index (κ2) is 5.73. The molecule has 0 saturated heterocycles. The number of hydrazone groups is 1. The average Bonchev–Trinajstić information content (AvgIpc) is 3.28. The van der Waals surface area contributed by atoms with Crippen LogP contribution in [-0.2, 0) is 4.79 Å². The van der Waals surface area contributed by atoms with E-state index < -0.39 is 0 Å². The monoisotopic (exact) mass is 262 g/mol. The minimum Gasteiger partial charge on any atom is -0.497 e. The molecule has 1 N–H and O–H groups in total. The first-order valence-electron chi connectivity index (χ1n) is 6.22. The number of carbonyl (C=O) groups excluding carboxylic acids is 1. The van der Waals surface area contributed by atoms with Crippen molar-refractivity contribution in [1.82, 2.24) is 5.43 Å². The van der Waals surface area contributed by atoms with Gasteiger partial charge in [0, 0.05) is 17.5 Å². The summed E-state index contributed by atoms with van der Waals surface area (Å²) in [6.07, 6.45) is 1.93. The number of benzene rings is 1. The summed E-state index contributed by atoms with van der Waals surface area (Å²) in [5.41, 5.74) is 4.12. The summed E-state index contributed by atoms with van der Waals surface area (Å²) < 4.78 is 10.4. The lowest BCUT2D eigenvalue weighted by Crippen LogP contribution is -2.20. The third-order valence-electron chi connectivity index (χ3n) is 3.08. The van der Waals surface area contributed by atoms with Crippen LogP contribution in [0.3, 0.4) is 0 Å². The summed E-state index contributed by atoms with van der Waals surface area (Å²) >= 11 is 0. The zero-order valence-corrected chi connectivity index (χ0v) is 11.4. The Labute approximate surface area is 112 Å². The van der Waals surface area contributed by atoms with Gasteiger partial charge in [-0.2, -0.15) is 5.10 Å².